The molecule has 4 saturated carbocycles. The number of hydrogen-bond acceptors (Lipinski definition) is 7. The standard InChI is InChI=1S/C31H43NO6/c1-20(5-6-23-4-3-15-37-23)32-19-29-12-7-22(33)17-30(29,35)13-9-26-25(29)8-11-28(2)24(10-14-31(26,28)36)21-16-27(34)38-18-21/h3-4,15-16,19-20,22,24-26,33,35-36H,5-14,17-18H2,1-2H3/t20-,22+,24-,25+,26+,28+,29+,30+,31+/m1/s1. The first-order valence-corrected chi connectivity index (χ1v) is 14.7. The molecule has 4 fully saturated rings. The summed E-state index contributed by atoms with van der Waals surface area (Å²) in [5.41, 5.74) is -1.74. The van der Waals surface area contributed by atoms with Crippen LogP contribution in [0.1, 0.15) is 83.8 Å². The van der Waals surface area contributed by atoms with Crippen molar-refractivity contribution < 1.29 is 29.3 Å². The summed E-state index contributed by atoms with van der Waals surface area (Å²) in [4.78, 5) is 16.9. The number of esters is 1. The number of carbonyl (C=O) groups excluding carboxylic acids is 1. The molecule has 4 aliphatic carbocycles. The lowest BCUT2D eigenvalue weighted by atomic mass is 9.41. The molecule has 0 unspecified atom stereocenters. The zero-order valence-electron chi connectivity index (χ0n) is 22.8. The molecule has 0 aromatic carbocycles. The minimum Gasteiger partial charge on any atom is -0.469 e. The Bertz CT molecular complexity index is 1110. The molecule has 0 amide bonds. The molecule has 5 aliphatic rings. The van der Waals surface area contributed by atoms with E-state index in [9.17, 15) is 20.1 Å². The maximum atomic E-state index is 12.5. The van der Waals surface area contributed by atoms with Gasteiger partial charge in [-0.2, -0.15) is 0 Å². The van der Waals surface area contributed by atoms with Crippen LogP contribution < -0.4 is 0 Å². The molecule has 7 heteroatoms. The van der Waals surface area contributed by atoms with Crippen LogP contribution in [0.2, 0.25) is 0 Å². The van der Waals surface area contributed by atoms with Crippen LogP contribution in [0.25, 0.3) is 0 Å². The van der Waals surface area contributed by atoms with E-state index < -0.39 is 22.7 Å². The molecule has 6 rings (SSSR count). The van der Waals surface area contributed by atoms with Gasteiger partial charge < -0.3 is 24.5 Å². The predicted molar refractivity (Wildman–Crippen MR) is 142 cm³/mol. The third-order valence-corrected chi connectivity index (χ3v) is 11.6. The van der Waals surface area contributed by atoms with Crippen molar-refractivity contribution in [1.82, 2.24) is 0 Å². The molecule has 1 aliphatic heterocycles. The summed E-state index contributed by atoms with van der Waals surface area (Å²) in [5, 5.41) is 35.3. The van der Waals surface area contributed by atoms with E-state index in [-0.39, 0.29) is 35.2 Å². The number of aryl methyl sites for hydroxylation is 1. The van der Waals surface area contributed by atoms with Crippen LogP contribution in [-0.4, -0.2) is 57.5 Å². The fraction of sp³-hybridized carbons (Fsp3) is 0.742. The summed E-state index contributed by atoms with van der Waals surface area (Å²) in [6.07, 6.45) is 12.9. The van der Waals surface area contributed by atoms with E-state index in [4.69, 9.17) is 14.1 Å². The summed E-state index contributed by atoms with van der Waals surface area (Å²) in [7, 11) is 0. The van der Waals surface area contributed by atoms with E-state index in [0.29, 0.717) is 38.7 Å². The highest BCUT2D eigenvalue weighted by atomic mass is 16.5. The molecule has 0 radical (unpaired) electrons. The van der Waals surface area contributed by atoms with E-state index in [0.717, 1.165) is 49.9 Å². The van der Waals surface area contributed by atoms with Crippen molar-refractivity contribution >= 4 is 12.2 Å². The van der Waals surface area contributed by atoms with Gasteiger partial charge in [-0.25, -0.2) is 4.79 Å². The number of ether oxygens (including phenoxy) is 1. The van der Waals surface area contributed by atoms with Gasteiger partial charge in [0.25, 0.3) is 0 Å². The number of aliphatic hydroxyl groups is 3. The first-order valence-electron chi connectivity index (χ1n) is 14.7. The van der Waals surface area contributed by atoms with E-state index in [2.05, 4.69) is 20.1 Å². The Kier molecular flexibility index (Phi) is 6.44. The zero-order chi connectivity index (χ0) is 26.8. The van der Waals surface area contributed by atoms with E-state index >= 15 is 0 Å². The van der Waals surface area contributed by atoms with Crippen molar-refractivity contribution in [3.05, 3.63) is 35.8 Å². The number of aliphatic imine (C=N–C) groups is 1. The Morgan fingerprint density at radius 1 is 1.13 bits per heavy atom. The fourth-order valence-corrected chi connectivity index (χ4v) is 9.50. The van der Waals surface area contributed by atoms with Gasteiger partial charge in [-0.1, -0.05) is 6.92 Å². The molecule has 0 spiro atoms. The van der Waals surface area contributed by atoms with E-state index in [1.807, 2.05) is 12.1 Å². The largest absolute Gasteiger partial charge is 0.469 e. The fourth-order valence-electron chi connectivity index (χ4n) is 9.50. The molecule has 208 valence electrons. The van der Waals surface area contributed by atoms with Crippen LogP contribution in [0.3, 0.4) is 0 Å². The molecule has 7 nitrogen and oxygen atoms in total. The van der Waals surface area contributed by atoms with E-state index in [1.54, 1.807) is 12.3 Å². The van der Waals surface area contributed by atoms with Crippen LogP contribution in [0, 0.1) is 28.6 Å². The zero-order valence-corrected chi connectivity index (χ0v) is 22.8. The predicted octanol–water partition coefficient (Wildman–Crippen LogP) is 4.38. The first-order chi connectivity index (χ1) is 18.1. The van der Waals surface area contributed by atoms with Crippen LogP contribution >= 0.6 is 0 Å². The Morgan fingerprint density at radius 3 is 2.68 bits per heavy atom. The summed E-state index contributed by atoms with van der Waals surface area (Å²) in [6.45, 7) is 4.67. The molecule has 2 heterocycles. The number of hydrogen-bond donors (Lipinski definition) is 3. The van der Waals surface area contributed by atoms with Gasteiger partial charge in [0.05, 0.1) is 23.6 Å². The lowest BCUT2D eigenvalue weighted by Gasteiger charge is -2.65. The van der Waals surface area contributed by atoms with Crippen molar-refractivity contribution in [2.24, 2.45) is 33.6 Å². The molecule has 38 heavy (non-hydrogen) atoms. The van der Waals surface area contributed by atoms with Crippen LogP contribution in [-0.2, 0) is 16.0 Å². The minimum atomic E-state index is -1.02. The number of aliphatic hydroxyl groups excluding tert-OH is 1. The third kappa shape index (κ3) is 3.87. The summed E-state index contributed by atoms with van der Waals surface area (Å²) in [6, 6.07) is 3.96. The molecule has 1 aromatic rings. The Hall–Kier alpha value is -1.96. The maximum Gasteiger partial charge on any atom is 0.331 e. The molecular formula is C31H43NO6. The topological polar surface area (TPSA) is 112 Å². The first kappa shape index (κ1) is 26.3. The second-order valence-electron chi connectivity index (χ2n) is 13.3. The van der Waals surface area contributed by atoms with Gasteiger partial charge in [0.1, 0.15) is 12.4 Å². The quantitative estimate of drug-likeness (QED) is 0.375. The van der Waals surface area contributed by atoms with Crippen molar-refractivity contribution in [3.63, 3.8) is 0 Å². The monoisotopic (exact) mass is 525 g/mol. The van der Waals surface area contributed by atoms with Gasteiger partial charge in [-0.15, -0.1) is 0 Å². The molecule has 0 saturated heterocycles. The average molecular weight is 526 g/mol. The highest BCUT2D eigenvalue weighted by Crippen LogP contribution is 2.70. The highest BCUT2D eigenvalue weighted by Gasteiger charge is 2.71. The normalized spacial score (nSPS) is 45.3. The number of nitrogens with zero attached hydrogens (tertiary/aromatic N) is 1. The van der Waals surface area contributed by atoms with Crippen molar-refractivity contribution in [3.8, 4) is 0 Å². The highest BCUT2D eigenvalue weighted by molar-refractivity contribution is 5.85. The third-order valence-electron chi connectivity index (χ3n) is 11.6. The van der Waals surface area contributed by atoms with Gasteiger partial charge in [0.2, 0.25) is 0 Å². The van der Waals surface area contributed by atoms with Crippen LogP contribution in [0.15, 0.2) is 39.5 Å². The Morgan fingerprint density at radius 2 is 1.95 bits per heavy atom. The molecule has 9 atom stereocenters. The summed E-state index contributed by atoms with van der Waals surface area (Å²) in [5.74, 6) is 0.967. The second-order valence-corrected chi connectivity index (χ2v) is 13.3. The van der Waals surface area contributed by atoms with Crippen molar-refractivity contribution in [1.29, 1.82) is 0 Å². The second kappa shape index (κ2) is 9.31. The number of fused-ring (bicyclic) bond motifs is 5. The Labute approximate surface area is 225 Å². The van der Waals surface area contributed by atoms with E-state index in [1.165, 1.54) is 0 Å². The number of rotatable bonds is 6. The lowest BCUT2D eigenvalue weighted by Crippen LogP contribution is -2.68. The van der Waals surface area contributed by atoms with Crippen molar-refractivity contribution in [2.75, 3.05) is 6.61 Å². The summed E-state index contributed by atoms with van der Waals surface area (Å²) >= 11 is 0. The molecule has 1 aromatic heterocycles. The van der Waals surface area contributed by atoms with Crippen LogP contribution in [0.4, 0.5) is 0 Å². The van der Waals surface area contributed by atoms with Crippen LogP contribution in [0.5, 0.6) is 0 Å². The van der Waals surface area contributed by atoms with Gasteiger partial charge in [-0.3, -0.25) is 4.99 Å². The van der Waals surface area contributed by atoms with Gasteiger partial charge >= 0.3 is 5.97 Å². The summed E-state index contributed by atoms with van der Waals surface area (Å²) < 4.78 is 10.8. The number of furan rings is 1. The van der Waals surface area contributed by atoms with Gasteiger partial charge in [0.15, 0.2) is 0 Å². The SMILES string of the molecule is C[C@H](CCc1ccco1)N=C[C@]12CC[C@H](O)C[C@@]1(O)CC[C@H]1[C@@H]2CC[C@@]2(C)[C@@H](C3=CC(=O)OC3)CC[C@]12O. The average Bonchev–Trinajstić information content (AvgIpc) is 3.61. The minimum absolute atomic E-state index is 0.0465. The van der Waals surface area contributed by atoms with Gasteiger partial charge in [-0.05, 0) is 100 Å². The molecule has 0 bridgehead atoms. The molecular weight excluding hydrogens is 482 g/mol. The Balaban J connectivity index is 1.30. The number of cyclic esters (lactones) is 1. The lowest BCUT2D eigenvalue weighted by molar-refractivity contribution is -0.237. The maximum absolute atomic E-state index is 12.5. The molecule has 3 N–H and O–H groups in total. The van der Waals surface area contributed by atoms with Gasteiger partial charge in [0, 0.05) is 42.0 Å². The van der Waals surface area contributed by atoms with Crippen molar-refractivity contribution in [2.45, 2.75) is 108 Å². The smallest absolute Gasteiger partial charge is 0.331 e. The number of carbonyl (C=O) groups is 1.